The van der Waals surface area contributed by atoms with E-state index in [0.29, 0.717) is 22.8 Å². The first-order chi connectivity index (χ1) is 12.1. The number of anilines is 1. The van der Waals surface area contributed by atoms with E-state index in [9.17, 15) is 9.18 Å². The fourth-order valence-electron chi connectivity index (χ4n) is 3.38. The monoisotopic (exact) mass is 336 g/mol. The molecule has 25 heavy (non-hydrogen) atoms. The Hall–Kier alpha value is -3.15. The number of likely N-dealkylation sites (N-methyl/N-ethyl adjacent to an activating group) is 1. The van der Waals surface area contributed by atoms with E-state index >= 15 is 0 Å². The van der Waals surface area contributed by atoms with Crippen LogP contribution in [-0.2, 0) is 4.79 Å². The molecule has 0 saturated carbocycles. The third-order valence-corrected chi connectivity index (χ3v) is 4.47. The summed E-state index contributed by atoms with van der Waals surface area (Å²) in [5, 5.41) is 5.89. The molecule has 0 bridgehead atoms. The van der Waals surface area contributed by atoms with Crippen LogP contribution < -0.4 is 10.6 Å². The lowest BCUT2D eigenvalue weighted by atomic mass is 9.94. The number of halogens is 1. The minimum absolute atomic E-state index is 0.206. The van der Waals surface area contributed by atoms with Crippen molar-refractivity contribution >= 4 is 22.9 Å². The first kappa shape index (κ1) is 15.4. The summed E-state index contributed by atoms with van der Waals surface area (Å²) in [4.78, 5) is 17.2. The van der Waals surface area contributed by atoms with Crippen LogP contribution >= 0.6 is 0 Å². The molecule has 0 saturated heterocycles. The number of hydrogen-bond donors (Lipinski definition) is 2. The molecule has 3 aromatic rings. The highest BCUT2D eigenvalue weighted by Crippen LogP contribution is 2.39. The summed E-state index contributed by atoms with van der Waals surface area (Å²) >= 11 is 0. The van der Waals surface area contributed by atoms with Gasteiger partial charge in [-0.2, -0.15) is 0 Å². The quantitative estimate of drug-likeness (QED) is 0.755. The van der Waals surface area contributed by atoms with Gasteiger partial charge in [0.25, 0.3) is 5.91 Å². The summed E-state index contributed by atoms with van der Waals surface area (Å²) < 4.78 is 15.8. The van der Waals surface area contributed by atoms with E-state index in [0.717, 1.165) is 11.0 Å². The van der Waals surface area contributed by atoms with E-state index in [-0.39, 0.29) is 11.7 Å². The number of nitrogens with zero attached hydrogens (tertiary/aromatic N) is 2. The van der Waals surface area contributed by atoms with Gasteiger partial charge in [0.1, 0.15) is 5.82 Å². The zero-order valence-corrected chi connectivity index (χ0v) is 13.9. The van der Waals surface area contributed by atoms with Crippen LogP contribution in [0.4, 0.5) is 10.3 Å². The van der Waals surface area contributed by atoms with Crippen LogP contribution in [0.15, 0.2) is 59.8 Å². The number of carbonyl (C=O) groups excluding carboxylic acids is 1. The molecule has 1 unspecified atom stereocenters. The Bertz CT molecular complexity index is 1020. The summed E-state index contributed by atoms with van der Waals surface area (Å²) in [5.41, 5.74) is 3.65. The van der Waals surface area contributed by atoms with Crippen LogP contribution in [0.5, 0.6) is 0 Å². The summed E-state index contributed by atoms with van der Waals surface area (Å²) in [7, 11) is 1.59. The van der Waals surface area contributed by atoms with Crippen molar-refractivity contribution in [2.75, 3.05) is 12.4 Å². The minimum atomic E-state index is -0.459. The molecule has 2 aromatic carbocycles. The number of nitrogens with one attached hydrogen (secondary N) is 2. The topological polar surface area (TPSA) is 59.0 Å². The smallest absolute Gasteiger partial charge is 0.251 e. The zero-order chi connectivity index (χ0) is 17.6. The largest absolute Gasteiger partial charge is 0.355 e. The van der Waals surface area contributed by atoms with Gasteiger partial charge in [-0.25, -0.2) is 9.37 Å². The molecule has 2 N–H and O–H groups in total. The van der Waals surface area contributed by atoms with E-state index in [1.54, 1.807) is 13.1 Å². The van der Waals surface area contributed by atoms with Crippen molar-refractivity contribution in [1.29, 1.82) is 0 Å². The van der Waals surface area contributed by atoms with Gasteiger partial charge in [-0.1, -0.05) is 24.3 Å². The molecule has 126 valence electrons. The molecule has 1 atom stereocenters. The van der Waals surface area contributed by atoms with Gasteiger partial charge in [0.15, 0.2) is 0 Å². The molecular weight excluding hydrogens is 319 g/mol. The van der Waals surface area contributed by atoms with E-state index in [1.807, 2.05) is 41.8 Å². The van der Waals surface area contributed by atoms with Crippen LogP contribution in [-0.4, -0.2) is 22.5 Å². The summed E-state index contributed by atoms with van der Waals surface area (Å²) in [6, 6.07) is 13.6. The molecule has 4 rings (SSSR count). The Morgan fingerprint density at radius 1 is 1.24 bits per heavy atom. The van der Waals surface area contributed by atoms with Gasteiger partial charge in [0.2, 0.25) is 5.95 Å². The average molecular weight is 336 g/mol. The average Bonchev–Trinajstić information content (AvgIpc) is 2.97. The van der Waals surface area contributed by atoms with Gasteiger partial charge in [0.05, 0.1) is 22.6 Å². The first-order valence-corrected chi connectivity index (χ1v) is 8.02. The zero-order valence-electron chi connectivity index (χ0n) is 13.9. The highest BCUT2D eigenvalue weighted by molar-refractivity contribution is 5.97. The molecule has 0 spiro atoms. The Kier molecular flexibility index (Phi) is 3.53. The number of aromatic nitrogens is 2. The predicted molar refractivity (Wildman–Crippen MR) is 94.7 cm³/mol. The number of rotatable bonds is 2. The van der Waals surface area contributed by atoms with Crippen molar-refractivity contribution in [3.63, 3.8) is 0 Å². The molecule has 0 radical (unpaired) electrons. The van der Waals surface area contributed by atoms with Crippen molar-refractivity contribution in [3.05, 3.63) is 71.2 Å². The molecule has 1 aliphatic rings. The second kappa shape index (κ2) is 5.73. The van der Waals surface area contributed by atoms with Gasteiger partial charge in [-0.05, 0) is 36.8 Å². The van der Waals surface area contributed by atoms with Crippen LogP contribution in [0.3, 0.4) is 0 Å². The standard InChI is InChI=1S/C19H17FN4O/c1-11-16(18(25)21-2)17(12-6-5-7-13(20)10-12)24-15-9-4-3-8-14(15)23-19(24)22-11/h3-10,17H,1-2H3,(H,21,25)(H,22,23). The highest BCUT2D eigenvalue weighted by atomic mass is 19.1. The van der Waals surface area contributed by atoms with Crippen LogP contribution in [0.2, 0.25) is 0 Å². The number of carbonyl (C=O) groups is 1. The van der Waals surface area contributed by atoms with Gasteiger partial charge in [-0.15, -0.1) is 0 Å². The normalized spacial score (nSPS) is 16.5. The SMILES string of the molecule is CNC(=O)C1=C(C)Nc2nc3ccccc3n2C1c1cccc(F)c1. The lowest BCUT2D eigenvalue weighted by Crippen LogP contribution is -2.33. The number of fused-ring (bicyclic) bond motifs is 3. The number of para-hydroxylation sites is 2. The lowest BCUT2D eigenvalue weighted by Gasteiger charge is -2.30. The second-order valence-electron chi connectivity index (χ2n) is 5.99. The van der Waals surface area contributed by atoms with Crippen molar-refractivity contribution in [3.8, 4) is 0 Å². The number of amides is 1. The van der Waals surface area contributed by atoms with Gasteiger partial charge in [0, 0.05) is 12.7 Å². The number of benzene rings is 2. The van der Waals surface area contributed by atoms with E-state index in [4.69, 9.17) is 0 Å². The minimum Gasteiger partial charge on any atom is -0.355 e. The Morgan fingerprint density at radius 3 is 2.80 bits per heavy atom. The second-order valence-corrected chi connectivity index (χ2v) is 5.99. The van der Waals surface area contributed by atoms with Crippen molar-refractivity contribution < 1.29 is 9.18 Å². The van der Waals surface area contributed by atoms with Crippen LogP contribution in [0.25, 0.3) is 11.0 Å². The highest BCUT2D eigenvalue weighted by Gasteiger charge is 2.33. The molecule has 5 nitrogen and oxygen atoms in total. The Labute approximate surface area is 144 Å². The summed E-state index contributed by atoms with van der Waals surface area (Å²) in [6.07, 6.45) is 0. The molecule has 0 aliphatic carbocycles. The van der Waals surface area contributed by atoms with E-state index < -0.39 is 6.04 Å². The van der Waals surface area contributed by atoms with Crippen molar-refractivity contribution in [1.82, 2.24) is 14.9 Å². The molecule has 1 aliphatic heterocycles. The third-order valence-electron chi connectivity index (χ3n) is 4.47. The molecule has 6 heteroatoms. The maximum atomic E-state index is 13.9. The Morgan fingerprint density at radius 2 is 2.04 bits per heavy atom. The van der Waals surface area contributed by atoms with Gasteiger partial charge < -0.3 is 10.6 Å². The van der Waals surface area contributed by atoms with E-state index in [2.05, 4.69) is 15.6 Å². The number of imidazole rings is 1. The van der Waals surface area contributed by atoms with Crippen molar-refractivity contribution in [2.45, 2.75) is 13.0 Å². The third kappa shape index (κ3) is 2.38. The van der Waals surface area contributed by atoms with Gasteiger partial charge in [-0.3, -0.25) is 9.36 Å². The van der Waals surface area contributed by atoms with Crippen molar-refractivity contribution in [2.24, 2.45) is 0 Å². The summed E-state index contributed by atoms with van der Waals surface area (Å²) in [5.74, 6) is 0.0965. The molecule has 2 heterocycles. The molecule has 1 aromatic heterocycles. The number of allylic oxidation sites excluding steroid dienone is 1. The maximum absolute atomic E-state index is 13.9. The molecule has 0 fully saturated rings. The van der Waals surface area contributed by atoms with Crippen LogP contribution in [0, 0.1) is 5.82 Å². The lowest BCUT2D eigenvalue weighted by molar-refractivity contribution is -0.117. The predicted octanol–water partition coefficient (Wildman–Crippen LogP) is 3.21. The first-order valence-electron chi connectivity index (χ1n) is 8.02. The Balaban J connectivity index is 2.03. The fraction of sp³-hybridized carbons (Fsp3) is 0.158. The van der Waals surface area contributed by atoms with Crippen LogP contribution in [0.1, 0.15) is 18.5 Å². The molecule has 1 amide bonds. The summed E-state index contributed by atoms with van der Waals surface area (Å²) in [6.45, 7) is 1.83. The fourth-order valence-corrected chi connectivity index (χ4v) is 3.38. The number of hydrogen-bond acceptors (Lipinski definition) is 3. The molecular formula is C19H17FN4O. The van der Waals surface area contributed by atoms with E-state index in [1.165, 1.54) is 12.1 Å². The van der Waals surface area contributed by atoms with Gasteiger partial charge >= 0.3 is 0 Å². The maximum Gasteiger partial charge on any atom is 0.251 e.